The number of amides is 2. The topological polar surface area (TPSA) is 94.4 Å². The third-order valence-corrected chi connectivity index (χ3v) is 8.04. The van der Waals surface area contributed by atoms with Crippen LogP contribution in [0.3, 0.4) is 0 Å². The molecule has 3 aromatic carbocycles. The molecule has 0 saturated carbocycles. The lowest BCUT2D eigenvalue weighted by Gasteiger charge is -2.22. The first kappa shape index (κ1) is 23.6. The molecule has 0 aliphatic carbocycles. The van der Waals surface area contributed by atoms with E-state index in [9.17, 15) is 14.0 Å². The third-order valence-electron chi connectivity index (χ3n) is 8.04. The number of primary amides is 1. The zero-order valence-electron chi connectivity index (χ0n) is 21.3. The molecule has 7 nitrogen and oxygen atoms in total. The summed E-state index contributed by atoms with van der Waals surface area (Å²) in [7, 11) is 0. The van der Waals surface area contributed by atoms with Crippen LogP contribution >= 0.6 is 0 Å². The summed E-state index contributed by atoms with van der Waals surface area (Å²) in [5.41, 5.74) is 12.0. The standard InChI is InChI=1S/C30H24F2N4O3/c1-14-26(15(2)39-34-14)16-8-22(29(33)37)27-21-10-17(30(38)35-7-6-18(31)12-35)9-20-19-4-3-5-24(32)23(19)13-36(28(20)21)25(27)11-16/h3-5,8-11,18H,6-7,12-13H2,1-2H3,(H2,33,37)/t18-/m0/s1. The van der Waals surface area contributed by atoms with E-state index in [1.54, 1.807) is 31.2 Å². The molecule has 9 heteroatoms. The van der Waals surface area contributed by atoms with Gasteiger partial charge in [-0.2, -0.15) is 0 Å². The highest BCUT2D eigenvalue weighted by atomic mass is 19.1. The zero-order valence-corrected chi connectivity index (χ0v) is 21.3. The number of carbonyl (C=O) groups excluding carboxylic acids is 2. The number of benzene rings is 3. The number of nitrogens with two attached hydrogens (primary N) is 1. The van der Waals surface area contributed by atoms with Gasteiger partial charge in [-0.1, -0.05) is 17.3 Å². The Morgan fingerprint density at radius 2 is 1.95 bits per heavy atom. The smallest absolute Gasteiger partial charge is 0.253 e. The zero-order chi connectivity index (χ0) is 27.2. The Morgan fingerprint density at radius 3 is 2.64 bits per heavy atom. The fourth-order valence-corrected chi connectivity index (χ4v) is 6.30. The van der Waals surface area contributed by atoms with Crippen molar-refractivity contribution < 1.29 is 22.9 Å². The largest absolute Gasteiger partial charge is 0.366 e. The molecular formula is C30H24F2N4O3. The van der Waals surface area contributed by atoms with Crippen molar-refractivity contribution in [1.82, 2.24) is 14.6 Å². The average Bonchev–Trinajstić information content (AvgIpc) is 3.59. The monoisotopic (exact) mass is 526 g/mol. The summed E-state index contributed by atoms with van der Waals surface area (Å²) in [5, 5.41) is 5.30. The van der Waals surface area contributed by atoms with Gasteiger partial charge >= 0.3 is 0 Å². The third kappa shape index (κ3) is 3.35. The summed E-state index contributed by atoms with van der Waals surface area (Å²) >= 11 is 0. The number of rotatable bonds is 3. The SMILES string of the molecule is Cc1noc(C)c1-c1cc(C(N)=O)c2c3cc(C(=O)N4CC[C@H](F)C4)cc4c3n(c2c1)Cc1c(F)cccc1-4. The van der Waals surface area contributed by atoms with Crippen LogP contribution in [0.2, 0.25) is 0 Å². The lowest BCUT2D eigenvalue weighted by molar-refractivity contribution is 0.0783. The Morgan fingerprint density at radius 1 is 1.13 bits per heavy atom. The maximum atomic E-state index is 15.2. The van der Waals surface area contributed by atoms with Gasteiger partial charge in [0.25, 0.3) is 5.91 Å². The highest BCUT2D eigenvalue weighted by molar-refractivity contribution is 6.22. The molecule has 196 valence electrons. The van der Waals surface area contributed by atoms with Crippen molar-refractivity contribution in [3.05, 3.63) is 76.4 Å². The second-order valence-electron chi connectivity index (χ2n) is 10.4. The highest BCUT2D eigenvalue weighted by Gasteiger charge is 2.31. The second kappa shape index (κ2) is 8.23. The number of aromatic nitrogens is 2. The summed E-state index contributed by atoms with van der Waals surface area (Å²) in [6, 6.07) is 12.0. The quantitative estimate of drug-likeness (QED) is 0.329. The predicted molar refractivity (Wildman–Crippen MR) is 143 cm³/mol. The minimum absolute atomic E-state index is 0.0342. The van der Waals surface area contributed by atoms with Crippen molar-refractivity contribution in [3.63, 3.8) is 0 Å². The second-order valence-corrected chi connectivity index (χ2v) is 10.4. The minimum Gasteiger partial charge on any atom is -0.366 e. The van der Waals surface area contributed by atoms with Gasteiger partial charge < -0.3 is 19.7 Å². The van der Waals surface area contributed by atoms with Crippen LogP contribution in [0.25, 0.3) is 44.1 Å². The van der Waals surface area contributed by atoms with Crippen LogP contribution in [-0.4, -0.2) is 45.7 Å². The van der Waals surface area contributed by atoms with Crippen molar-refractivity contribution >= 4 is 33.6 Å². The van der Waals surface area contributed by atoms with Gasteiger partial charge in [0, 0.05) is 45.1 Å². The number of halogens is 2. The van der Waals surface area contributed by atoms with E-state index in [0.717, 1.165) is 11.1 Å². The molecule has 1 saturated heterocycles. The first-order chi connectivity index (χ1) is 18.7. The summed E-state index contributed by atoms with van der Waals surface area (Å²) < 4.78 is 36.5. The maximum Gasteiger partial charge on any atom is 0.253 e. The molecule has 2 amide bonds. The lowest BCUT2D eigenvalue weighted by Crippen LogP contribution is -2.29. The maximum absolute atomic E-state index is 15.2. The van der Waals surface area contributed by atoms with E-state index >= 15 is 4.39 Å². The van der Waals surface area contributed by atoms with E-state index in [4.69, 9.17) is 10.3 Å². The fraction of sp³-hybridized carbons (Fsp3) is 0.233. The molecule has 2 aliphatic heterocycles. The fourth-order valence-electron chi connectivity index (χ4n) is 6.30. The first-order valence-electron chi connectivity index (χ1n) is 12.8. The van der Waals surface area contributed by atoms with Crippen LogP contribution in [-0.2, 0) is 6.54 Å². The van der Waals surface area contributed by atoms with E-state index in [0.29, 0.717) is 68.5 Å². The summed E-state index contributed by atoms with van der Waals surface area (Å²) in [4.78, 5) is 27.9. The molecular weight excluding hydrogens is 502 g/mol. The van der Waals surface area contributed by atoms with Gasteiger partial charge in [0.2, 0.25) is 5.91 Å². The van der Waals surface area contributed by atoms with Crippen LogP contribution < -0.4 is 5.73 Å². The number of alkyl halides is 1. The van der Waals surface area contributed by atoms with Gasteiger partial charge in [-0.3, -0.25) is 9.59 Å². The van der Waals surface area contributed by atoms with Crippen molar-refractivity contribution in [1.29, 1.82) is 0 Å². The molecule has 2 N–H and O–H groups in total. The van der Waals surface area contributed by atoms with Crippen molar-refractivity contribution in [2.75, 3.05) is 13.1 Å². The molecule has 1 fully saturated rings. The molecule has 1 atom stereocenters. The number of aryl methyl sites for hydroxylation is 2. The van der Waals surface area contributed by atoms with Crippen molar-refractivity contribution in [2.24, 2.45) is 5.73 Å². The molecule has 0 bridgehead atoms. The van der Waals surface area contributed by atoms with Crippen LogP contribution in [0.5, 0.6) is 0 Å². The Bertz CT molecular complexity index is 1870. The van der Waals surface area contributed by atoms with Crippen LogP contribution in [0.1, 0.15) is 44.2 Å². The Balaban J connectivity index is 1.59. The van der Waals surface area contributed by atoms with Gasteiger partial charge in [-0.25, -0.2) is 8.78 Å². The summed E-state index contributed by atoms with van der Waals surface area (Å²) in [6.07, 6.45) is -0.762. The molecule has 7 rings (SSSR count). The van der Waals surface area contributed by atoms with Gasteiger partial charge in [0.15, 0.2) is 0 Å². The first-order valence-corrected chi connectivity index (χ1v) is 12.8. The summed E-state index contributed by atoms with van der Waals surface area (Å²) in [5.74, 6) is -0.695. The summed E-state index contributed by atoms with van der Waals surface area (Å²) in [6.45, 7) is 4.21. The molecule has 0 radical (unpaired) electrons. The van der Waals surface area contributed by atoms with E-state index in [2.05, 4.69) is 5.16 Å². The Kier molecular flexibility index (Phi) is 4.98. The number of hydrogen-bond donors (Lipinski definition) is 1. The van der Waals surface area contributed by atoms with E-state index in [1.165, 1.54) is 11.0 Å². The van der Waals surface area contributed by atoms with Crippen LogP contribution in [0.4, 0.5) is 8.78 Å². The van der Waals surface area contributed by atoms with Gasteiger partial charge in [0.05, 0.1) is 29.8 Å². The average molecular weight is 527 g/mol. The van der Waals surface area contributed by atoms with E-state index in [1.807, 2.05) is 23.6 Å². The number of hydrogen-bond acceptors (Lipinski definition) is 4. The normalized spacial score (nSPS) is 16.3. The number of carbonyl (C=O) groups is 2. The molecule has 2 aromatic heterocycles. The molecule has 2 aliphatic rings. The van der Waals surface area contributed by atoms with Crippen LogP contribution in [0.15, 0.2) is 47.0 Å². The Hall–Kier alpha value is -4.53. The Labute approximate surface area is 221 Å². The van der Waals surface area contributed by atoms with Gasteiger partial charge in [-0.05, 0) is 61.7 Å². The highest BCUT2D eigenvalue weighted by Crippen LogP contribution is 2.45. The van der Waals surface area contributed by atoms with E-state index < -0.39 is 12.1 Å². The molecule has 0 spiro atoms. The molecule has 39 heavy (non-hydrogen) atoms. The van der Waals surface area contributed by atoms with Crippen molar-refractivity contribution in [3.8, 4) is 22.3 Å². The van der Waals surface area contributed by atoms with Gasteiger partial charge in [-0.15, -0.1) is 0 Å². The number of nitrogens with zero attached hydrogens (tertiary/aromatic N) is 3. The molecule has 5 aromatic rings. The van der Waals surface area contributed by atoms with Crippen molar-refractivity contribution in [2.45, 2.75) is 33.0 Å². The van der Waals surface area contributed by atoms with E-state index in [-0.39, 0.29) is 30.4 Å². The number of likely N-dealkylation sites (tertiary alicyclic amines) is 1. The number of fused-ring (bicyclic) bond motifs is 5. The minimum atomic E-state index is -1.06. The van der Waals surface area contributed by atoms with Crippen LogP contribution in [0, 0.1) is 19.7 Å². The van der Waals surface area contributed by atoms with Gasteiger partial charge in [0.1, 0.15) is 17.7 Å². The molecule has 0 unspecified atom stereocenters. The molecule has 4 heterocycles. The predicted octanol–water partition coefficient (Wildman–Crippen LogP) is 5.52. The lowest BCUT2D eigenvalue weighted by atomic mass is 9.92.